The zero-order chi connectivity index (χ0) is 18.4. The van der Waals surface area contributed by atoms with Crippen molar-refractivity contribution in [2.75, 3.05) is 43.1 Å². The maximum Gasteiger partial charge on any atom is 0.340 e. The largest absolute Gasteiger partial charge is 0.462 e. The lowest BCUT2D eigenvalue weighted by Gasteiger charge is -2.26. The molecule has 0 aliphatic carbocycles. The maximum atomic E-state index is 12.5. The van der Waals surface area contributed by atoms with Gasteiger partial charge in [0.2, 0.25) is 5.95 Å². The smallest absolute Gasteiger partial charge is 0.340 e. The van der Waals surface area contributed by atoms with Crippen molar-refractivity contribution in [3.8, 4) is 0 Å². The fourth-order valence-electron chi connectivity index (χ4n) is 2.54. The van der Waals surface area contributed by atoms with Gasteiger partial charge >= 0.3 is 5.97 Å². The van der Waals surface area contributed by atoms with Crippen LogP contribution in [-0.2, 0) is 9.47 Å². The van der Waals surface area contributed by atoms with E-state index in [1.807, 2.05) is 4.90 Å². The summed E-state index contributed by atoms with van der Waals surface area (Å²) in [5.41, 5.74) is 0.988. The summed E-state index contributed by atoms with van der Waals surface area (Å²) in [4.78, 5) is 35.0. The Bertz CT molecular complexity index is 773. The first-order valence-electron chi connectivity index (χ1n) is 8.41. The third-order valence-corrected chi connectivity index (χ3v) is 3.86. The molecular formula is C18H20N4O4. The lowest BCUT2D eigenvalue weighted by molar-refractivity contribution is 0.0527. The first-order chi connectivity index (χ1) is 12.7. The number of aromatic nitrogens is 2. The normalized spacial score (nSPS) is 14.0. The second kappa shape index (κ2) is 8.39. The average molecular weight is 356 g/mol. The van der Waals surface area contributed by atoms with E-state index in [0.717, 1.165) is 13.1 Å². The number of anilines is 2. The molecule has 1 fully saturated rings. The number of carbonyl (C=O) groups excluding carboxylic acids is 2. The van der Waals surface area contributed by atoms with Crippen molar-refractivity contribution in [3.63, 3.8) is 0 Å². The third kappa shape index (κ3) is 4.15. The Kier molecular flexibility index (Phi) is 5.75. The molecule has 1 aliphatic heterocycles. The molecule has 0 unspecified atom stereocenters. The fourth-order valence-corrected chi connectivity index (χ4v) is 2.54. The Morgan fingerprint density at radius 1 is 1.19 bits per heavy atom. The van der Waals surface area contributed by atoms with Crippen LogP contribution in [0.5, 0.6) is 0 Å². The third-order valence-electron chi connectivity index (χ3n) is 3.86. The van der Waals surface area contributed by atoms with Gasteiger partial charge in [0.1, 0.15) is 0 Å². The summed E-state index contributed by atoms with van der Waals surface area (Å²) >= 11 is 0. The molecule has 8 nitrogen and oxygen atoms in total. The van der Waals surface area contributed by atoms with E-state index >= 15 is 0 Å². The number of benzene rings is 1. The summed E-state index contributed by atoms with van der Waals surface area (Å²) in [5, 5.41) is 2.71. The number of nitrogens with zero attached hydrogens (tertiary/aromatic N) is 3. The summed E-state index contributed by atoms with van der Waals surface area (Å²) in [7, 11) is 0. The van der Waals surface area contributed by atoms with Gasteiger partial charge in [-0.3, -0.25) is 4.79 Å². The molecule has 1 N–H and O–H groups in total. The van der Waals surface area contributed by atoms with Crippen molar-refractivity contribution in [2.24, 2.45) is 0 Å². The van der Waals surface area contributed by atoms with E-state index < -0.39 is 11.9 Å². The monoisotopic (exact) mass is 356 g/mol. The molecule has 1 saturated heterocycles. The van der Waals surface area contributed by atoms with Crippen molar-refractivity contribution in [1.82, 2.24) is 9.97 Å². The Morgan fingerprint density at radius 2 is 1.88 bits per heavy atom. The molecule has 2 aromatic rings. The zero-order valence-corrected chi connectivity index (χ0v) is 14.5. The second-order valence-corrected chi connectivity index (χ2v) is 5.59. The van der Waals surface area contributed by atoms with Gasteiger partial charge in [-0.05, 0) is 19.1 Å². The highest BCUT2D eigenvalue weighted by molar-refractivity contribution is 6.07. The van der Waals surface area contributed by atoms with Gasteiger partial charge in [-0.1, -0.05) is 12.1 Å². The Balaban J connectivity index is 1.71. The van der Waals surface area contributed by atoms with Gasteiger partial charge in [-0.25, -0.2) is 14.8 Å². The van der Waals surface area contributed by atoms with Crippen molar-refractivity contribution >= 4 is 23.5 Å². The number of rotatable bonds is 5. The van der Waals surface area contributed by atoms with E-state index in [-0.39, 0.29) is 6.61 Å². The van der Waals surface area contributed by atoms with E-state index in [9.17, 15) is 9.59 Å². The molecule has 1 aromatic carbocycles. The second-order valence-electron chi connectivity index (χ2n) is 5.59. The van der Waals surface area contributed by atoms with Crippen molar-refractivity contribution < 1.29 is 19.1 Å². The van der Waals surface area contributed by atoms with Crippen LogP contribution < -0.4 is 10.2 Å². The molecule has 1 aliphatic rings. The molecule has 0 spiro atoms. The SMILES string of the molecule is CCOC(=O)c1ccccc1NC(=O)c1cnc(N2CCOCC2)nc1. The Labute approximate surface area is 151 Å². The van der Waals surface area contributed by atoms with Crippen LogP contribution in [-0.4, -0.2) is 54.8 Å². The van der Waals surface area contributed by atoms with Gasteiger partial charge in [-0.2, -0.15) is 0 Å². The topological polar surface area (TPSA) is 93.6 Å². The van der Waals surface area contributed by atoms with E-state index in [1.165, 1.54) is 12.4 Å². The summed E-state index contributed by atoms with van der Waals surface area (Å²) < 4.78 is 10.3. The number of carbonyl (C=O) groups is 2. The number of para-hydroxylation sites is 1. The van der Waals surface area contributed by atoms with Crippen LogP contribution in [0.4, 0.5) is 11.6 Å². The quantitative estimate of drug-likeness (QED) is 0.816. The molecule has 0 radical (unpaired) electrons. The van der Waals surface area contributed by atoms with Gasteiger partial charge < -0.3 is 19.7 Å². The molecule has 0 bridgehead atoms. The summed E-state index contributed by atoms with van der Waals surface area (Å²) in [5.74, 6) is -0.311. The van der Waals surface area contributed by atoms with Crippen LogP contribution in [0.25, 0.3) is 0 Å². The molecule has 3 rings (SSSR count). The highest BCUT2D eigenvalue weighted by Crippen LogP contribution is 2.17. The number of morpholine rings is 1. The maximum absolute atomic E-state index is 12.5. The highest BCUT2D eigenvalue weighted by atomic mass is 16.5. The number of hydrogen-bond donors (Lipinski definition) is 1. The van der Waals surface area contributed by atoms with Crippen molar-refractivity contribution in [3.05, 3.63) is 47.8 Å². The van der Waals surface area contributed by atoms with Gasteiger partial charge in [-0.15, -0.1) is 0 Å². The average Bonchev–Trinajstić information content (AvgIpc) is 2.69. The van der Waals surface area contributed by atoms with Crippen LogP contribution >= 0.6 is 0 Å². The van der Waals surface area contributed by atoms with Crippen LogP contribution in [0.2, 0.25) is 0 Å². The first-order valence-corrected chi connectivity index (χ1v) is 8.41. The summed E-state index contributed by atoms with van der Waals surface area (Å²) in [6.07, 6.45) is 2.94. The molecule has 2 heterocycles. The van der Waals surface area contributed by atoms with Gasteiger partial charge in [0, 0.05) is 25.5 Å². The predicted molar refractivity (Wildman–Crippen MR) is 95.4 cm³/mol. The van der Waals surface area contributed by atoms with Crippen molar-refractivity contribution in [2.45, 2.75) is 6.92 Å². The molecule has 136 valence electrons. The standard InChI is InChI=1S/C18H20N4O4/c1-2-26-17(24)14-5-3-4-6-15(14)21-16(23)13-11-19-18(20-12-13)22-7-9-25-10-8-22/h3-6,11-12H,2,7-10H2,1H3,(H,21,23). The van der Waals surface area contributed by atoms with Crippen LogP contribution in [0, 0.1) is 0 Å². The molecule has 0 atom stereocenters. The van der Waals surface area contributed by atoms with E-state index in [0.29, 0.717) is 36.0 Å². The number of amides is 1. The number of nitrogens with one attached hydrogen (secondary N) is 1. The number of hydrogen-bond acceptors (Lipinski definition) is 7. The Morgan fingerprint density at radius 3 is 2.58 bits per heavy atom. The lowest BCUT2D eigenvalue weighted by Crippen LogP contribution is -2.37. The zero-order valence-electron chi connectivity index (χ0n) is 14.5. The van der Waals surface area contributed by atoms with E-state index in [2.05, 4.69) is 15.3 Å². The minimum atomic E-state index is -0.484. The lowest BCUT2D eigenvalue weighted by atomic mass is 10.1. The Hall–Kier alpha value is -3.00. The molecule has 0 saturated carbocycles. The minimum Gasteiger partial charge on any atom is -0.462 e. The minimum absolute atomic E-state index is 0.262. The molecule has 1 aromatic heterocycles. The van der Waals surface area contributed by atoms with E-state index in [1.54, 1.807) is 31.2 Å². The molecule has 8 heteroatoms. The number of ether oxygens (including phenoxy) is 2. The van der Waals surface area contributed by atoms with Gasteiger partial charge in [0.25, 0.3) is 5.91 Å². The molecule has 1 amide bonds. The molecular weight excluding hydrogens is 336 g/mol. The predicted octanol–water partition coefficient (Wildman–Crippen LogP) is 1.74. The van der Waals surface area contributed by atoms with Crippen LogP contribution in [0.1, 0.15) is 27.6 Å². The number of esters is 1. The van der Waals surface area contributed by atoms with E-state index in [4.69, 9.17) is 9.47 Å². The summed E-state index contributed by atoms with van der Waals surface area (Å²) in [6, 6.07) is 6.69. The summed E-state index contributed by atoms with van der Waals surface area (Å²) in [6.45, 7) is 4.70. The van der Waals surface area contributed by atoms with Gasteiger partial charge in [0.15, 0.2) is 0 Å². The highest BCUT2D eigenvalue weighted by Gasteiger charge is 2.17. The van der Waals surface area contributed by atoms with Crippen molar-refractivity contribution in [1.29, 1.82) is 0 Å². The van der Waals surface area contributed by atoms with Gasteiger partial charge in [0.05, 0.1) is 36.6 Å². The molecule has 26 heavy (non-hydrogen) atoms. The fraction of sp³-hybridized carbons (Fsp3) is 0.333. The van der Waals surface area contributed by atoms with Crippen LogP contribution in [0.15, 0.2) is 36.7 Å². The first kappa shape index (κ1) is 17.8. The van der Waals surface area contributed by atoms with Crippen LogP contribution in [0.3, 0.4) is 0 Å².